The van der Waals surface area contributed by atoms with Crippen LogP contribution in [-0.2, 0) is 11.3 Å². The Labute approximate surface area is 142 Å². The lowest BCUT2D eigenvalue weighted by Gasteiger charge is -2.34. The minimum absolute atomic E-state index is 0.118. The van der Waals surface area contributed by atoms with E-state index < -0.39 is 0 Å². The first-order chi connectivity index (χ1) is 11.6. The third-order valence-electron chi connectivity index (χ3n) is 3.77. The highest BCUT2D eigenvalue weighted by atomic mass is 16.6. The quantitative estimate of drug-likeness (QED) is 0.894. The van der Waals surface area contributed by atoms with Gasteiger partial charge in [0.25, 0.3) is 0 Å². The minimum Gasteiger partial charge on any atom is -0.494 e. The van der Waals surface area contributed by atoms with Crippen molar-refractivity contribution in [2.45, 2.75) is 20.4 Å². The zero-order valence-corrected chi connectivity index (χ0v) is 14.3. The van der Waals surface area contributed by atoms with Crippen LogP contribution in [0.4, 0.5) is 9.59 Å². The number of nitrogens with zero attached hydrogens (tertiary/aromatic N) is 2. The van der Waals surface area contributed by atoms with Gasteiger partial charge in [-0.15, -0.1) is 0 Å². The molecule has 0 unspecified atom stereocenters. The number of rotatable bonds is 5. The molecule has 7 heteroatoms. The maximum atomic E-state index is 12.2. The van der Waals surface area contributed by atoms with Crippen molar-refractivity contribution in [1.82, 2.24) is 15.1 Å². The maximum absolute atomic E-state index is 12.2. The molecule has 1 aromatic rings. The normalized spacial score (nSPS) is 14.2. The van der Waals surface area contributed by atoms with Gasteiger partial charge in [-0.3, -0.25) is 0 Å². The summed E-state index contributed by atoms with van der Waals surface area (Å²) >= 11 is 0. The van der Waals surface area contributed by atoms with Crippen LogP contribution in [0.3, 0.4) is 0 Å². The number of benzene rings is 1. The molecule has 0 aliphatic carbocycles. The highest BCUT2D eigenvalue weighted by Gasteiger charge is 2.24. The SMILES string of the molecule is CCOC(=O)N1CCN(C(=O)NCc2ccc(OCC)cc2)CC1. The van der Waals surface area contributed by atoms with Crippen LogP contribution >= 0.6 is 0 Å². The summed E-state index contributed by atoms with van der Waals surface area (Å²) in [6, 6.07) is 7.53. The van der Waals surface area contributed by atoms with Gasteiger partial charge in [0.1, 0.15) is 5.75 Å². The summed E-state index contributed by atoms with van der Waals surface area (Å²) in [5.41, 5.74) is 1.01. The molecule has 24 heavy (non-hydrogen) atoms. The fourth-order valence-electron chi connectivity index (χ4n) is 2.47. The Morgan fingerprint density at radius 2 is 1.62 bits per heavy atom. The summed E-state index contributed by atoms with van der Waals surface area (Å²) < 4.78 is 10.4. The number of urea groups is 1. The van der Waals surface area contributed by atoms with Crippen LogP contribution in [0, 0.1) is 0 Å². The molecule has 0 bridgehead atoms. The second-order valence-electron chi connectivity index (χ2n) is 5.41. The number of carbonyl (C=O) groups excluding carboxylic acids is 2. The van der Waals surface area contributed by atoms with E-state index in [1.54, 1.807) is 16.7 Å². The van der Waals surface area contributed by atoms with Gasteiger partial charge in [-0.25, -0.2) is 9.59 Å². The van der Waals surface area contributed by atoms with E-state index in [0.29, 0.717) is 45.9 Å². The van der Waals surface area contributed by atoms with Gasteiger partial charge in [0, 0.05) is 32.7 Å². The van der Waals surface area contributed by atoms with Gasteiger partial charge < -0.3 is 24.6 Å². The molecule has 0 spiro atoms. The molecule has 0 atom stereocenters. The lowest BCUT2D eigenvalue weighted by molar-refractivity contribution is 0.0851. The molecule has 7 nitrogen and oxygen atoms in total. The zero-order chi connectivity index (χ0) is 17.4. The van der Waals surface area contributed by atoms with Gasteiger partial charge in [0.2, 0.25) is 0 Å². The Morgan fingerprint density at radius 3 is 2.21 bits per heavy atom. The number of hydrogen-bond acceptors (Lipinski definition) is 4. The van der Waals surface area contributed by atoms with Crippen molar-refractivity contribution in [2.75, 3.05) is 39.4 Å². The number of piperazine rings is 1. The summed E-state index contributed by atoms with van der Waals surface area (Å²) in [6.45, 7) is 7.18. The molecule has 3 amide bonds. The molecule has 0 radical (unpaired) electrons. The summed E-state index contributed by atoms with van der Waals surface area (Å²) in [7, 11) is 0. The van der Waals surface area contributed by atoms with E-state index in [0.717, 1.165) is 11.3 Å². The topological polar surface area (TPSA) is 71.1 Å². The van der Waals surface area contributed by atoms with Gasteiger partial charge in [0.15, 0.2) is 0 Å². The van der Waals surface area contributed by atoms with E-state index in [2.05, 4.69) is 5.32 Å². The lowest BCUT2D eigenvalue weighted by atomic mass is 10.2. The summed E-state index contributed by atoms with van der Waals surface area (Å²) in [5, 5.41) is 2.90. The first kappa shape index (κ1) is 17.9. The van der Waals surface area contributed by atoms with Crippen molar-refractivity contribution in [2.24, 2.45) is 0 Å². The monoisotopic (exact) mass is 335 g/mol. The standard InChI is InChI=1S/C17H25N3O4/c1-3-23-15-7-5-14(6-8-15)13-18-16(21)19-9-11-20(12-10-19)17(22)24-4-2/h5-8H,3-4,9-13H2,1-2H3,(H,18,21). The van der Waals surface area contributed by atoms with E-state index in [9.17, 15) is 9.59 Å². The van der Waals surface area contributed by atoms with Crippen LogP contribution in [0.15, 0.2) is 24.3 Å². The van der Waals surface area contributed by atoms with Crippen LogP contribution in [-0.4, -0.2) is 61.3 Å². The summed E-state index contributed by atoms with van der Waals surface area (Å²) in [6.07, 6.45) is -0.313. The molecular formula is C17H25N3O4. The smallest absolute Gasteiger partial charge is 0.409 e. The largest absolute Gasteiger partial charge is 0.494 e. The third kappa shape index (κ3) is 5.04. The van der Waals surface area contributed by atoms with Gasteiger partial charge in [-0.1, -0.05) is 12.1 Å². The van der Waals surface area contributed by atoms with Crippen LogP contribution in [0.5, 0.6) is 5.75 Å². The fourth-order valence-corrected chi connectivity index (χ4v) is 2.47. The molecule has 0 aromatic heterocycles. The average Bonchev–Trinajstić information content (AvgIpc) is 2.61. The molecule has 132 valence electrons. The number of nitrogens with one attached hydrogen (secondary N) is 1. The van der Waals surface area contributed by atoms with Gasteiger partial charge in [-0.2, -0.15) is 0 Å². The van der Waals surface area contributed by atoms with Gasteiger partial charge in [-0.05, 0) is 31.5 Å². The molecule has 1 saturated heterocycles. The number of carbonyl (C=O) groups is 2. The Bertz CT molecular complexity index is 539. The lowest BCUT2D eigenvalue weighted by Crippen LogP contribution is -2.53. The predicted molar refractivity (Wildman–Crippen MR) is 90.0 cm³/mol. The Balaban J connectivity index is 1.74. The van der Waals surface area contributed by atoms with Crippen molar-refractivity contribution >= 4 is 12.1 Å². The molecular weight excluding hydrogens is 310 g/mol. The molecule has 1 heterocycles. The summed E-state index contributed by atoms with van der Waals surface area (Å²) in [4.78, 5) is 27.2. The van der Waals surface area contributed by atoms with Crippen molar-refractivity contribution in [1.29, 1.82) is 0 Å². The highest BCUT2D eigenvalue weighted by molar-refractivity contribution is 5.75. The molecule has 1 aromatic carbocycles. The van der Waals surface area contributed by atoms with Crippen LogP contribution in [0.1, 0.15) is 19.4 Å². The van der Waals surface area contributed by atoms with Crippen LogP contribution in [0.25, 0.3) is 0 Å². The molecule has 2 rings (SSSR count). The van der Waals surface area contributed by atoms with Gasteiger partial charge in [0.05, 0.1) is 13.2 Å². The molecule has 1 aliphatic rings. The van der Waals surface area contributed by atoms with Crippen molar-refractivity contribution in [3.05, 3.63) is 29.8 Å². The maximum Gasteiger partial charge on any atom is 0.409 e. The molecule has 1 N–H and O–H groups in total. The Kier molecular flexibility index (Phi) is 6.72. The number of amides is 3. The minimum atomic E-state index is -0.313. The molecule has 1 aliphatic heterocycles. The van der Waals surface area contributed by atoms with E-state index in [4.69, 9.17) is 9.47 Å². The van der Waals surface area contributed by atoms with E-state index >= 15 is 0 Å². The number of ether oxygens (including phenoxy) is 2. The summed E-state index contributed by atoms with van der Waals surface area (Å²) in [5.74, 6) is 0.822. The number of hydrogen-bond donors (Lipinski definition) is 1. The molecule has 0 saturated carbocycles. The van der Waals surface area contributed by atoms with E-state index in [1.807, 2.05) is 31.2 Å². The van der Waals surface area contributed by atoms with E-state index in [-0.39, 0.29) is 12.1 Å². The van der Waals surface area contributed by atoms with Crippen molar-refractivity contribution < 1.29 is 19.1 Å². The second-order valence-corrected chi connectivity index (χ2v) is 5.41. The van der Waals surface area contributed by atoms with Crippen LogP contribution < -0.4 is 10.1 Å². The first-order valence-electron chi connectivity index (χ1n) is 8.30. The zero-order valence-electron chi connectivity index (χ0n) is 14.3. The van der Waals surface area contributed by atoms with Crippen LogP contribution in [0.2, 0.25) is 0 Å². The fraction of sp³-hybridized carbons (Fsp3) is 0.529. The Hall–Kier alpha value is -2.44. The molecule has 1 fully saturated rings. The predicted octanol–water partition coefficient (Wildman–Crippen LogP) is 2.07. The Morgan fingerprint density at radius 1 is 1.00 bits per heavy atom. The highest BCUT2D eigenvalue weighted by Crippen LogP contribution is 2.12. The first-order valence-corrected chi connectivity index (χ1v) is 8.30. The third-order valence-corrected chi connectivity index (χ3v) is 3.77. The van der Waals surface area contributed by atoms with Crippen molar-refractivity contribution in [3.8, 4) is 5.75 Å². The second kappa shape index (κ2) is 9.00. The average molecular weight is 335 g/mol. The van der Waals surface area contributed by atoms with Gasteiger partial charge >= 0.3 is 12.1 Å². The van der Waals surface area contributed by atoms with E-state index in [1.165, 1.54) is 0 Å². The van der Waals surface area contributed by atoms with Crippen molar-refractivity contribution in [3.63, 3.8) is 0 Å².